The number of para-hydroxylation sites is 3. The lowest BCUT2D eigenvalue weighted by molar-refractivity contribution is 0.230. The summed E-state index contributed by atoms with van der Waals surface area (Å²) in [6, 6.07) is 16.8. The third kappa shape index (κ3) is 3.99. The van der Waals surface area contributed by atoms with Gasteiger partial charge in [0.15, 0.2) is 0 Å². The van der Waals surface area contributed by atoms with Gasteiger partial charge in [0.1, 0.15) is 11.6 Å². The molecule has 2 aromatic rings. The molecule has 148 valence electrons. The van der Waals surface area contributed by atoms with Gasteiger partial charge in [-0.2, -0.15) is 0 Å². The SMILES string of the molecule is CCC1=Nc2ccccc2CN1CCN1CCN(c2ccccc2OC)CC1. The average molecular weight is 379 g/mol. The highest BCUT2D eigenvalue weighted by molar-refractivity contribution is 5.86. The van der Waals surface area contributed by atoms with Gasteiger partial charge >= 0.3 is 0 Å². The van der Waals surface area contributed by atoms with Gasteiger partial charge in [-0.15, -0.1) is 0 Å². The molecule has 2 aliphatic heterocycles. The predicted molar refractivity (Wildman–Crippen MR) is 116 cm³/mol. The van der Waals surface area contributed by atoms with E-state index >= 15 is 0 Å². The van der Waals surface area contributed by atoms with Gasteiger partial charge in [0.05, 0.1) is 18.5 Å². The van der Waals surface area contributed by atoms with Crippen molar-refractivity contribution in [1.29, 1.82) is 0 Å². The smallest absolute Gasteiger partial charge is 0.142 e. The van der Waals surface area contributed by atoms with Gasteiger partial charge in [0.25, 0.3) is 0 Å². The fourth-order valence-electron chi connectivity index (χ4n) is 4.14. The number of benzene rings is 2. The summed E-state index contributed by atoms with van der Waals surface area (Å²) in [5.41, 5.74) is 3.68. The normalized spacial score (nSPS) is 17.3. The van der Waals surface area contributed by atoms with Crippen molar-refractivity contribution in [2.45, 2.75) is 19.9 Å². The van der Waals surface area contributed by atoms with Crippen LogP contribution in [0.1, 0.15) is 18.9 Å². The molecule has 4 rings (SSSR count). The van der Waals surface area contributed by atoms with E-state index in [1.807, 2.05) is 12.1 Å². The minimum atomic E-state index is 0.965. The Balaban J connectivity index is 1.32. The number of ether oxygens (including phenoxy) is 1. The zero-order valence-corrected chi connectivity index (χ0v) is 17.0. The summed E-state index contributed by atoms with van der Waals surface area (Å²) < 4.78 is 5.53. The molecule has 0 spiro atoms. The summed E-state index contributed by atoms with van der Waals surface area (Å²) in [5, 5.41) is 0. The first kappa shape index (κ1) is 18.8. The maximum absolute atomic E-state index is 5.53. The summed E-state index contributed by atoms with van der Waals surface area (Å²) in [6.45, 7) is 9.55. The van der Waals surface area contributed by atoms with Gasteiger partial charge in [0, 0.05) is 52.2 Å². The monoisotopic (exact) mass is 378 g/mol. The number of fused-ring (bicyclic) bond motifs is 1. The largest absolute Gasteiger partial charge is 0.495 e. The number of amidine groups is 1. The van der Waals surface area contributed by atoms with Crippen LogP contribution in [-0.4, -0.2) is 62.0 Å². The molecule has 0 unspecified atom stereocenters. The Hall–Kier alpha value is -2.53. The molecule has 5 nitrogen and oxygen atoms in total. The average Bonchev–Trinajstić information content (AvgIpc) is 2.77. The van der Waals surface area contributed by atoms with Crippen LogP contribution in [-0.2, 0) is 6.54 Å². The van der Waals surface area contributed by atoms with Crippen LogP contribution in [0.5, 0.6) is 5.75 Å². The van der Waals surface area contributed by atoms with Crippen LogP contribution in [0.2, 0.25) is 0 Å². The Bertz CT molecular complexity index is 827. The number of piperazine rings is 1. The van der Waals surface area contributed by atoms with Crippen molar-refractivity contribution in [3.05, 3.63) is 54.1 Å². The predicted octanol–water partition coefficient (Wildman–Crippen LogP) is 3.77. The van der Waals surface area contributed by atoms with E-state index in [2.05, 4.69) is 58.0 Å². The Morgan fingerprint density at radius 1 is 0.929 bits per heavy atom. The lowest BCUT2D eigenvalue weighted by atomic mass is 10.1. The number of methoxy groups -OCH3 is 1. The van der Waals surface area contributed by atoms with E-state index in [9.17, 15) is 0 Å². The van der Waals surface area contributed by atoms with Crippen LogP contribution >= 0.6 is 0 Å². The fourth-order valence-corrected chi connectivity index (χ4v) is 4.14. The maximum Gasteiger partial charge on any atom is 0.142 e. The number of rotatable bonds is 6. The fraction of sp³-hybridized carbons (Fsp3) is 0.435. The molecule has 0 radical (unpaired) electrons. The van der Waals surface area contributed by atoms with Crippen LogP contribution in [0.4, 0.5) is 11.4 Å². The zero-order valence-electron chi connectivity index (χ0n) is 17.0. The lowest BCUT2D eigenvalue weighted by Gasteiger charge is -2.38. The summed E-state index contributed by atoms with van der Waals surface area (Å²) in [6.07, 6.45) is 0.982. The van der Waals surface area contributed by atoms with Crippen molar-refractivity contribution in [2.24, 2.45) is 4.99 Å². The second-order valence-electron chi connectivity index (χ2n) is 7.43. The summed E-state index contributed by atoms with van der Waals surface area (Å²) >= 11 is 0. The molecular formula is C23H30N4O. The zero-order chi connectivity index (χ0) is 19.3. The molecule has 0 N–H and O–H groups in total. The first-order chi connectivity index (χ1) is 13.8. The number of hydrogen-bond donors (Lipinski definition) is 0. The maximum atomic E-state index is 5.53. The van der Waals surface area contributed by atoms with E-state index in [-0.39, 0.29) is 0 Å². The Kier molecular flexibility index (Phi) is 5.81. The number of anilines is 1. The second-order valence-corrected chi connectivity index (χ2v) is 7.43. The minimum absolute atomic E-state index is 0.965. The lowest BCUT2D eigenvalue weighted by Crippen LogP contribution is -2.49. The molecule has 28 heavy (non-hydrogen) atoms. The van der Waals surface area contributed by atoms with Crippen molar-refractivity contribution in [3.63, 3.8) is 0 Å². The molecule has 0 amide bonds. The van der Waals surface area contributed by atoms with Crippen molar-refractivity contribution in [3.8, 4) is 5.75 Å². The van der Waals surface area contributed by atoms with Crippen LogP contribution < -0.4 is 9.64 Å². The summed E-state index contributed by atoms with van der Waals surface area (Å²) in [5.74, 6) is 2.18. The first-order valence-electron chi connectivity index (χ1n) is 10.3. The molecule has 0 bridgehead atoms. The third-order valence-electron chi connectivity index (χ3n) is 5.77. The molecule has 0 saturated carbocycles. The molecule has 2 heterocycles. The molecule has 1 saturated heterocycles. The van der Waals surface area contributed by atoms with Crippen molar-refractivity contribution >= 4 is 17.2 Å². The molecular weight excluding hydrogens is 348 g/mol. The molecule has 2 aromatic carbocycles. The summed E-state index contributed by atoms with van der Waals surface area (Å²) in [4.78, 5) is 12.3. The van der Waals surface area contributed by atoms with Gasteiger partial charge in [-0.1, -0.05) is 37.3 Å². The third-order valence-corrected chi connectivity index (χ3v) is 5.77. The second kappa shape index (κ2) is 8.65. The van der Waals surface area contributed by atoms with Gasteiger partial charge < -0.3 is 14.5 Å². The van der Waals surface area contributed by atoms with Gasteiger partial charge in [-0.3, -0.25) is 4.90 Å². The quantitative estimate of drug-likeness (QED) is 0.766. The van der Waals surface area contributed by atoms with Crippen molar-refractivity contribution < 1.29 is 4.74 Å². The summed E-state index contributed by atoms with van der Waals surface area (Å²) in [7, 11) is 1.75. The Labute approximate surface area is 168 Å². The standard InChI is InChI=1S/C23H30N4O/c1-3-23-24-20-9-5-4-8-19(20)18-27(23)17-14-25-12-15-26(16-13-25)21-10-6-7-11-22(21)28-2/h4-11H,3,12-18H2,1-2H3. The van der Waals surface area contributed by atoms with Crippen LogP contribution in [0.3, 0.4) is 0 Å². The molecule has 1 fully saturated rings. The van der Waals surface area contributed by atoms with E-state index in [0.29, 0.717) is 0 Å². The number of hydrogen-bond acceptors (Lipinski definition) is 5. The molecule has 0 aromatic heterocycles. The van der Waals surface area contributed by atoms with Gasteiger partial charge in [-0.25, -0.2) is 4.99 Å². The van der Waals surface area contributed by atoms with E-state index in [0.717, 1.165) is 63.7 Å². The van der Waals surface area contributed by atoms with Gasteiger partial charge in [-0.05, 0) is 23.8 Å². The molecule has 5 heteroatoms. The van der Waals surface area contributed by atoms with Crippen LogP contribution in [0.25, 0.3) is 0 Å². The van der Waals surface area contributed by atoms with Crippen molar-refractivity contribution in [1.82, 2.24) is 9.80 Å². The highest BCUT2D eigenvalue weighted by Gasteiger charge is 2.22. The van der Waals surface area contributed by atoms with Gasteiger partial charge in [0.2, 0.25) is 0 Å². The molecule has 2 aliphatic rings. The highest BCUT2D eigenvalue weighted by Crippen LogP contribution is 2.29. The highest BCUT2D eigenvalue weighted by atomic mass is 16.5. The first-order valence-corrected chi connectivity index (χ1v) is 10.3. The van der Waals surface area contributed by atoms with Crippen molar-refractivity contribution in [2.75, 3.05) is 51.3 Å². The Morgan fingerprint density at radius 2 is 1.68 bits per heavy atom. The number of aliphatic imine (C=N–C) groups is 1. The molecule has 0 aliphatic carbocycles. The minimum Gasteiger partial charge on any atom is -0.495 e. The van der Waals surface area contributed by atoms with E-state index in [4.69, 9.17) is 9.73 Å². The Morgan fingerprint density at radius 3 is 2.46 bits per heavy atom. The van der Waals surface area contributed by atoms with E-state index < -0.39 is 0 Å². The van der Waals surface area contributed by atoms with E-state index in [1.165, 1.54) is 17.1 Å². The topological polar surface area (TPSA) is 31.3 Å². The van der Waals surface area contributed by atoms with Crippen LogP contribution in [0.15, 0.2) is 53.5 Å². The molecule has 0 atom stereocenters. The van der Waals surface area contributed by atoms with Crippen LogP contribution in [0, 0.1) is 0 Å². The number of nitrogens with zero attached hydrogens (tertiary/aromatic N) is 4. The van der Waals surface area contributed by atoms with E-state index in [1.54, 1.807) is 7.11 Å².